The number of halogens is 1. The minimum Gasteiger partial charge on any atom is -0.371 e. The van der Waals surface area contributed by atoms with Crippen molar-refractivity contribution in [3.05, 3.63) is 28.7 Å². The van der Waals surface area contributed by atoms with E-state index in [4.69, 9.17) is 5.73 Å². The molecule has 0 aliphatic heterocycles. The SMILES string of the molecule is CCC1CCCC(Nc2ccc(Br)cc2)(C(N)=O)CC1. The van der Waals surface area contributed by atoms with E-state index >= 15 is 0 Å². The maximum atomic E-state index is 12.0. The van der Waals surface area contributed by atoms with Crippen molar-refractivity contribution in [3.8, 4) is 0 Å². The molecule has 1 amide bonds. The summed E-state index contributed by atoms with van der Waals surface area (Å²) in [6, 6.07) is 7.92. The van der Waals surface area contributed by atoms with Gasteiger partial charge in [-0.3, -0.25) is 4.79 Å². The van der Waals surface area contributed by atoms with Gasteiger partial charge in [0.1, 0.15) is 5.54 Å². The number of benzene rings is 1. The van der Waals surface area contributed by atoms with E-state index in [1.807, 2.05) is 24.3 Å². The van der Waals surface area contributed by atoms with E-state index in [2.05, 4.69) is 28.2 Å². The van der Waals surface area contributed by atoms with Crippen molar-refractivity contribution in [2.75, 3.05) is 5.32 Å². The molecule has 1 aromatic rings. The van der Waals surface area contributed by atoms with E-state index in [9.17, 15) is 4.79 Å². The van der Waals surface area contributed by atoms with Crippen LogP contribution in [0, 0.1) is 5.92 Å². The number of nitrogens with one attached hydrogen (secondary N) is 1. The Labute approximate surface area is 129 Å². The first kappa shape index (κ1) is 15.4. The highest BCUT2D eigenvalue weighted by Crippen LogP contribution is 2.34. The third-order valence-corrected chi connectivity index (χ3v) is 5.00. The zero-order chi connectivity index (χ0) is 14.6. The molecule has 1 aliphatic rings. The van der Waals surface area contributed by atoms with Crippen molar-refractivity contribution in [1.82, 2.24) is 0 Å². The van der Waals surface area contributed by atoms with Crippen molar-refractivity contribution in [1.29, 1.82) is 0 Å². The Balaban J connectivity index is 2.17. The second kappa shape index (κ2) is 6.61. The summed E-state index contributed by atoms with van der Waals surface area (Å²) < 4.78 is 1.03. The van der Waals surface area contributed by atoms with Gasteiger partial charge in [-0.25, -0.2) is 0 Å². The summed E-state index contributed by atoms with van der Waals surface area (Å²) in [5, 5.41) is 3.41. The smallest absolute Gasteiger partial charge is 0.243 e. The van der Waals surface area contributed by atoms with Crippen LogP contribution in [0.25, 0.3) is 0 Å². The summed E-state index contributed by atoms with van der Waals surface area (Å²) >= 11 is 3.42. The molecular formula is C16H23BrN2O. The third-order valence-electron chi connectivity index (χ3n) is 4.47. The van der Waals surface area contributed by atoms with E-state index in [1.165, 1.54) is 12.8 Å². The number of anilines is 1. The molecule has 1 fully saturated rings. The van der Waals surface area contributed by atoms with Gasteiger partial charge in [-0.1, -0.05) is 42.1 Å². The van der Waals surface area contributed by atoms with E-state index in [0.29, 0.717) is 0 Å². The fourth-order valence-electron chi connectivity index (χ4n) is 3.06. The van der Waals surface area contributed by atoms with Gasteiger partial charge >= 0.3 is 0 Å². The summed E-state index contributed by atoms with van der Waals surface area (Å²) in [5.41, 5.74) is 6.10. The number of primary amides is 1. The van der Waals surface area contributed by atoms with E-state index in [0.717, 1.165) is 41.8 Å². The third kappa shape index (κ3) is 3.54. The second-order valence-corrected chi connectivity index (χ2v) is 6.70. The van der Waals surface area contributed by atoms with Crippen LogP contribution in [0.2, 0.25) is 0 Å². The zero-order valence-corrected chi connectivity index (χ0v) is 13.6. The molecular weight excluding hydrogens is 316 g/mol. The molecule has 0 bridgehead atoms. The van der Waals surface area contributed by atoms with Crippen LogP contribution < -0.4 is 11.1 Å². The molecule has 110 valence electrons. The fraction of sp³-hybridized carbons (Fsp3) is 0.562. The van der Waals surface area contributed by atoms with Crippen molar-refractivity contribution >= 4 is 27.5 Å². The molecule has 1 saturated carbocycles. The Morgan fingerprint density at radius 2 is 2.05 bits per heavy atom. The van der Waals surface area contributed by atoms with Gasteiger partial charge in [0.15, 0.2) is 0 Å². The molecule has 1 aromatic carbocycles. The Morgan fingerprint density at radius 1 is 1.35 bits per heavy atom. The molecule has 0 radical (unpaired) electrons. The summed E-state index contributed by atoms with van der Waals surface area (Å²) in [7, 11) is 0. The van der Waals surface area contributed by atoms with Crippen molar-refractivity contribution in [2.45, 2.75) is 51.0 Å². The standard InChI is InChI=1S/C16H23BrN2O/c1-2-12-4-3-10-16(11-9-12,15(18)20)19-14-7-5-13(17)6-8-14/h5-8,12,19H,2-4,9-11H2,1H3,(H2,18,20). The molecule has 0 saturated heterocycles. The van der Waals surface area contributed by atoms with Crippen molar-refractivity contribution in [2.24, 2.45) is 11.7 Å². The van der Waals surface area contributed by atoms with Gasteiger partial charge in [-0.2, -0.15) is 0 Å². The molecule has 0 heterocycles. The topological polar surface area (TPSA) is 55.1 Å². The number of hydrogen-bond acceptors (Lipinski definition) is 2. The number of amides is 1. The molecule has 2 atom stereocenters. The van der Waals surface area contributed by atoms with Crippen LogP contribution in [0.15, 0.2) is 28.7 Å². The molecule has 20 heavy (non-hydrogen) atoms. The largest absolute Gasteiger partial charge is 0.371 e. The average Bonchev–Trinajstić information content (AvgIpc) is 2.65. The highest BCUT2D eigenvalue weighted by atomic mass is 79.9. The minimum absolute atomic E-state index is 0.225. The Bertz CT molecular complexity index is 460. The van der Waals surface area contributed by atoms with Crippen molar-refractivity contribution < 1.29 is 4.79 Å². The van der Waals surface area contributed by atoms with Crippen LogP contribution in [0.5, 0.6) is 0 Å². The Hall–Kier alpha value is -1.03. The monoisotopic (exact) mass is 338 g/mol. The van der Waals surface area contributed by atoms with Gasteiger partial charge in [0.25, 0.3) is 0 Å². The average molecular weight is 339 g/mol. The summed E-state index contributed by atoms with van der Waals surface area (Å²) in [6.07, 6.45) is 6.18. The van der Waals surface area contributed by atoms with Gasteiger partial charge in [-0.05, 0) is 49.4 Å². The lowest BCUT2D eigenvalue weighted by Gasteiger charge is -2.32. The summed E-state index contributed by atoms with van der Waals surface area (Å²) in [6.45, 7) is 2.23. The van der Waals surface area contributed by atoms with Gasteiger partial charge in [0.05, 0.1) is 0 Å². The predicted molar refractivity (Wildman–Crippen MR) is 86.6 cm³/mol. The fourth-order valence-corrected chi connectivity index (χ4v) is 3.33. The van der Waals surface area contributed by atoms with Crippen LogP contribution in [-0.2, 0) is 4.79 Å². The minimum atomic E-state index is -0.586. The quantitative estimate of drug-likeness (QED) is 0.813. The van der Waals surface area contributed by atoms with Crippen LogP contribution in [-0.4, -0.2) is 11.4 Å². The molecule has 0 spiro atoms. The Morgan fingerprint density at radius 3 is 2.65 bits per heavy atom. The lowest BCUT2D eigenvalue weighted by Crippen LogP contribution is -2.50. The number of nitrogens with two attached hydrogens (primary N) is 1. The van der Waals surface area contributed by atoms with Crippen molar-refractivity contribution in [3.63, 3.8) is 0 Å². The van der Waals surface area contributed by atoms with E-state index in [-0.39, 0.29) is 5.91 Å². The highest BCUT2D eigenvalue weighted by molar-refractivity contribution is 9.10. The summed E-state index contributed by atoms with van der Waals surface area (Å²) in [4.78, 5) is 12.0. The lowest BCUT2D eigenvalue weighted by molar-refractivity contribution is -0.122. The van der Waals surface area contributed by atoms with Crippen LogP contribution >= 0.6 is 15.9 Å². The highest BCUT2D eigenvalue weighted by Gasteiger charge is 2.38. The second-order valence-electron chi connectivity index (χ2n) is 5.78. The number of carbonyl (C=O) groups excluding carboxylic acids is 1. The first-order valence-corrected chi connectivity index (χ1v) is 8.19. The van der Waals surface area contributed by atoms with Gasteiger partial charge < -0.3 is 11.1 Å². The van der Waals surface area contributed by atoms with Gasteiger partial charge in [0.2, 0.25) is 5.91 Å². The van der Waals surface area contributed by atoms with Gasteiger partial charge in [-0.15, -0.1) is 0 Å². The number of hydrogen-bond donors (Lipinski definition) is 2. The number of carbonyl (C=O) groups is 1. The lowest BCUT2D eigenvalue weighted by atomic mass is 9.88. The Kier molecular flexibility index (Phi) is 5.08. The van der Waals surface area contributed by atoms with E-state index < -0.39 is 5.54 Å². The zero-order valence-electron chi connectivity index (χ0n) is 12.0. The first-order chi connectivity index (χ1) is 9.55. The maximum absolute atomic E-state index is 12.0. The predicted octanol–water partition coefficient (Wildman–Crippen LogP) is 4.08. The van der Waals surface area contributed by atoms with Gasteiger partial charge in [0, 0.05) is 10.2 Å². The first-order valence-electron chi connectivity index (χ1n) is 7.39. The molecule has 1 aliphatic carbocycles. The van der Waals surface area contributed by atoms with Crippen LogP contribution in [0.1, 0.15) is 45.4 Å². The normalized spacial score (nSPS) is 26.8. The maximum Gasteiger partial charge on any atom is 0.243 e. The molecule has 3 nitrogen and oxygen atoms in total. The molecule has 2 rings (SSSR count). The molecule has 3 N–H and O–H groups in total. The molecule has 2 unspecified atom stereocenters. The number of rotatable bonds is 4. The van der Waals surface area contributed by atoms with Crippen LogP contribution in [0.3, 0.4) is 0 Å². The molecule has 0 aromatic heterocycles. The van der Waals surface area contributed by atoms with Crippen LogP contribution in [0.4, 0.5) is 5.69 Å². The van der Waals surface area contributed by atoms with E-state index in [1.54, 1.807) is 0 Å². The summed E-state index contributed by atoms with van der Waals surface area (Å²) in [5.74, 6) is 0.500. The molecule has 4 heteroatoms.